The lowest BCUT2D eigenvalue weighted by Gasteiger charge is -2.31. The lowest BCUT2D eigenvalue weighted by atomic mass is 9.77. The van der Waals surface area contributed by atoms with Gasteiger partial charge < -0.3 is 9.73 Å². The van der Waals surface area contributed by atoms with Crippen LogP contribution in [0.15, 0.2) is 34.7 Å². The third-order valence-corrected chi connectivity index (χ3v) is 4.18. The average Bonchev–Trinajstić information content (AvgIpc) is 2.69. The van der Waals surface area contributed by atoms with Crippen LogP contribution in [0.2, 0.25) is 0 Å². The van der Waals surface area contributed by atoms with Crippen molar-refractivity contribution in [2.75, 3.05) is 6.54 Å². The predicted molar refractivity (Wildman–Crippen MR) is 77.5 cm³/mol. The number of rotatable bonds is 4. The van der Waals surface area contributed by atoms with E-state index in [0.717, 1.165) is 18.1 Å². The van der Waals surface area contributed by atoms with Crippen molar-refractivity contribution in [2.24, 2.45) is 0 Å². The zero-order chi connectivity index (χ0) is 13.4. The van der Waals surface area contributed by atoms with E-state index in [0.29, 0.717) is 12.0 Å². The number of hydrogen-bond donors (Lipinski definition) is 1. The van der Waals surface area contributed by atoms with Crippen molar-refractivity contribution in [1.82, 2.24) is 5.32 Å². The van der Waals surface area contributed by atoms with Crippen molar-refractivity contribution in [3.8, 4) is 0 Å². The number of hydrogen-bond acceptors (Lipinski definition) is 2. The zero-order valence-corrected chi connectivity index (χ0v) is 11.9. The van der Waals surface area contributed by atoms with E-state index in [2.05, 4.69) is 42.6 Å². The molecule has 100 valence electrons. The van der Waals surface area contributed by atoms with E-state index in [1.807, 2.05) is 13.8 Å². The van der Waals surface area contributed by atoms with Gasteiger partial charge in [-0.3, -0.25) is 0 Å². The Labute approximate surface area is 114 Å². The van der Waals surface area contributed by atoms with Crippen molar-refractivity contribution in [2.45, 2.75) is 39.2 Å². The standard InChI is InChI=1S/C17H21NO/c1-11-8-17(13(3)19-11)12(2)18-10-15-9-14-6-4-5-7-16(14)15/h4-8,12,15,18H,9-10H2,1-3H3. The fourth-order valence-corrected chi connectivity index (χ4v) is 3.05. The van der Waals surface area contributed by atoms with E-state index in [9.17, 15) is 0 Å². The van der Waals surface area contributed by atoms with Crippen LogP contribution >= 0.6 is 0 Å². The largest absolute Gasteiger partial charge is 0.466 e. The molecule has 1 aromatic heterocycles. The van der Waals surface area contributed by atoms with Crippen molar-refractivity contribution in [3.05, 3.63) is 58.5 Å². The Kier molecular flexibility index (Phi) is 3.19. The summed E-state index contributed by atoms with van der Waals surface area (Å²) in [6.07, 6.45) is 1.21. The molecule has 0 amide bonds. The minimum Gasteiger partial charge on any atom is -0.466 e. The van der Waals surface area contributed by atoms with Gasteiger partial charge in [0.2, 0.25) is 0 Å². The number of furan rings is 1. The molecule has 0 spiro atoms. The van der Waals surface area contributed by atoms with Gasteiger partial charge in [-0.05, 0) is 44.4 Å². The van der Waals surface area contributed by atoms with Crippen LogP contribution in [-0.2, 0) is 6.42 Å². The highest BCUT2D eigenvalue weighted by atomic mass is 16.3. The van der Waals surface area contributed by atoms with Gasteiger partial charge in [-0.25, -0.2) is 0 Å². The molecule has 2 aromatic rings. The Morgan fingerprint density at radius 2 is 2.11 bits per heavy atom. The van der Waals surface area contributed by atoms with E-state index in [1.165, 1.54) is 23.1 Å². The van der Waals surface area contributed by atoms with Crippen LogP contribution in [0.5, 0.6) is 0 Å². The number of nitrogens with one attached hydrogen (secondary N) is 1. The molecule has 1 aliphatic rings. The molecule has 0 radical (unpaired) electrons. The third kappa shape index (κ3) is 2.33. The van der Waals surface area contributed by atoms with Crippen LogP contribution < -0.4 is 5.32 Å². The minimum atomic E-state index is 0.352. The van der Waals surface area contributed by atoms with Crippen molar-refractivity contribution in [1.29, 1.82) is 0 Å². The molecule has 2 atom stereocenters. The molecule has 2 unspecified atom stereocenters. The van der Waals surface area contributed by atoms with Gasteiger partial charge in [0.05, 0.1) is 0 Å². The second-order valence-electron chi connectivity index (χ2n) is 5.60. The van der Waals surface area contributed by atoms with E-state index in [1.54, 1.807) is 0 Å². The fourth-order valence-electron chi connectivity index (χ4n) is 3.05. The Bertz CT molecular complexity index is 585. The van der Waals surface area contributed by atoms with Crippen LogP contribution in [0.25, 0.3) is 0 Å². The number of aryl methyl sites for hydroxylation is 2. The van der Waals surface area contributed by atoms with Gasteiger partial charge in [-0.1, -0.05) is 24.3 Å². The van der Waals surface area contributed by atoms with Crippen molar-refractivity contribution in [3.63, 3.8) is 0 Å². The molecule has 2 heteroatoms. The Morgan fingerprint density at radius 3 is 2.79 bits per heavy atom. The van der Waals surface area contributed by atoms with E-state index in [4.69, 9.17) is 4.42 Å². The first kappa shape index (κ1) is 12.5. The minimum absolute atomic E-state index is 0.352. The van der Waals surface area contributed by atoms with Crippen molar-refractivity contribution < 1.29 is 4.42 Å². The number of fused-ring (bicyclic) bond motifs is 1. The lowest BCUT2D eigenvalue weighted by Crippen LogP contribution is -2.30. The first-order chi connectivity index (χ1) is 9.15. The maximum Gasteiger partial charge on any atom is 0.105 e. The Morgan fingerprint density at radius 1 is 1.32 bits per heavy atom. The summed E-state index contributed by atoms with van der Waals surface area (Å²) in [5.74, 6) is 2.70. The van der Waals surface area contributed by atoms with E-state index < -0.39 is 0 Å². The van der Waals surface area contributed by atoms with E-state index >= 15 is 0 Å². The maximum atomic E-state index is 5.60. The molecular formula is C17H21NO. The molecule has 1 aliphatic carbocycles. The summed E-state index contributed by atoms with van der Waals surface area (Å²) in [5.41, 5.74) is 4.31. The zero-order valence-electron chi connectivity index (χ0n) is 11.9. The molecule has 0 fully saturated rings. The van der Waals surface area contributed by atoms with Gasteiger partial charge in [-0.2, -0.15) is 0 Å². The highest BCUT2D eigenvalue weighted by molar-refractivity contribution is 5.40. The normalized spacial score (nSPS) is 18.8. The molecule has 0 saturated heterocycles. The molecule has 0 bridgehead atoms. The summed E-state index contributed by atoms with van der Waals surface area (Å²) in [7, 11) is 0. The second kappa shape index (κ2) is 4.86. The van der Waals surface area contributed by atoms with Gasteiger partial charge in [0, 0.05) is 24.1 Å². The molecule has 1 heterocycles. The summed E-state index contributed by atoms with van der Waals surface area (Å²) in [6, 6.07) is 11.2. The molecule has 3 rings (SSSR count). The SMILES string of the molecule is Cc1cc(C(C)NCC2Cc3ccccc32)c(C)o1. The van der Waals surface area contributed by atoms with E-state index in [-0.39, 0.29) is 0 Å². The topological polar surface area (TPSA) is 25.2 Å². The highest BCUT2D eigenvalue weighted by Gasteiger charge is 2.25. The van der Waals surface area contributed by atoms with Gasteiger partial charge in [0.1, 0.15) is 11.5 Å². The molecule has 2 nitrogen and oxygen atoms in total. The predicted octanol–water partition coefficient (Wildman–Crippen LogP) is 3.89. The van der Waals surface area contributed by atoms with Gasteiger partial charge in [0.15, 0.2) is 0 Å². The summed E-state index contributed by atoms with van der Waals surface area (Å²) < 4.78 is 5.60. The number of benzene rings is 1. The average molecular weight is 255 g/mol. The van der Waals surface area contributed by atoms with Crippen LogP contribution in [0, 0.1) is 13.8 Å². The summed E-state index contributed by atoms with van der Waals surface area (Å²) >= 11 is 0. The fraction of sp³-hybridized carbons (Fsp3) is 0.412. The first-order valence-electron chi connectivity index (χ1n) is 7.03. The summed E-state index contributed by atoms with van der Waals surface area (Å²) in [5, 5.41) is 3.64. The summed E-state index contributed by atoms with van der Waals surface area (Å²) in [6.45, 7) is 7.30. The summed E-state index contributed by atoms with van der Waals surface area (Å²) in [4.78, 5) is 0. The third-order valence-electron chi connectivity index (χ3n) is 4.18. The molecule has 19 heavy (non-hydrogen) atoms. The van der Waals surface area contributed by atoms with Gasteiger partial charge in [0.25, 0.3) is 0 Å². The van der Waals surface area contributed by atoms with Crippen LogP contribution in [0.1, 0.15) is 47.1 Å². The molecule has 1 aromatic carbocycles. The molecular weight excluding hydrogens is 234 g/mol. The Hall–Kier alpha value is -1.54. The second-order valence-corrected chi connectivity index (χ2v) is 5.60. The lowest BCUT2D eigenvalue weighted by molar-refractivity contribution is 0.470. The smallest absolute Gasteiger partial charge is 0.105 e. The first-order valence-corrected chi connectivity index (χ1v) is 7.03. The van der Waals surface area contributed by atoms with Gasteiger partial charge >= 0.3 is 0 Å². The van der Waals surface area contributed by atoms with Gasteiger partial charge in [-0.15, -0.1) is 0 Å². The molecule has 1 N–H and O–H groups in total. The quantitative estimate of drug-likeness (QED) is 0.896. The van der Waals surface area contributed by atoms with Crippen LogP contribution in [0.4, 0.5) is 0 Å². The van der Waals surface area contributed by atoms with Crippen molar-refractivity contribution >= 4 is 0 Å². The Balaban J connectivity index is 1.61. The maximum absolute atomic E-state index is 5.60. The van der Waals surface area contributed by atoms with Crippen LogP contribution in [-0.4, -0.2) is 6.54 Å². The molecule has 0 aliphatic heterocycles. The molecule has 0 saturated carbocycles. The monoisotopic (exact) mass is 255 g/mol. The van der Waals surface area contributed by atoms with Crippen LogP contribution in [0.3, 0.4) is 0 Å². The highest BCUT2D eigenvalue weighted by Crippen LogP contribution is 2.34.